The number of methoxy groups -OCH3 is 1. The minimum absolute atomic E-state index is 0.00170. The Balaban J connectivity index is 0.000000236. The van der Waals surface area contributed by atoms with Crippen molar-refractivity contribution >= 4 is 87.4 Å². The molecule has 0 saturated carbocycles. The summed E-state index contributed by atoms with van der Waals surface area (Å²) in [6.07, 6.45) is 12.9. The second-order valence-electron chi connectivity index (χ2n) is 38.2. The van der Waals surface area contributed by atoms with Gasteiger partial charge < -0.3 is 78.5 Å². The number of carbonyl (C=O) groups is 15. The second-order valence-corrected chi connectivity index (χ2v) is 38.2. The molecule has 0 aromatic carbocycles. The van der Waals surface area contributed by atoms with Crippen molar-refractivity contribution in [2.75, 3.05) is 39.8 Å². The van der Waals surface area contributed by atoms with Gasteiger partial charge in [-0.15, -0.1) is 0 Å². The zero-order valence-corrected chi connectivity index (χ0v) is 76.8. The zero-order chi connectivity index (χ0) is 92.1. The van der Waals surface area contributed by atoms with E-state index >= 15 is 0 Å². The average Bonchev–Trinajstić information content (AvgIpc) is 1.34. The lowest BCUT2D eigenvalue weighted by atomic mass is 9.78. The molecule has 10 rings (SSSR count). The van der Waals surface area contributed by atoms with Crippen molar-refractivity contribution in [2.45, 2.75) is 382 Å². The molecule has 692 valence electrons. The molecule has 22 atom stereocenters. The third kappa shape index (κ3) is 23.9. The number of piperidine rings is 4. The van der Waals surface area contributed by atoms with Crippen molar-refractivity contribution in [1.29, 1.82) is 0 Å². The van der Waals surface area contributed by atoms with Crippen LogP contribution in [0.2, 0.25) is 0 Å². The Morgan fingerprint density at radius 3 is 0.934 bits per heavy atom. The van der Waals surface area contributed by atoms with Crippen molar-refractivity contribution in [3.05, 3.63) is 0 Å². The number of likely N-dealkylation sites (tertiary alicyclic amines) is 5. The molecule has 5 amide bonds. The van der Waals surface area contributed by atoms with Gasteiger partial charge in [-0.1, -0.05) is 111 Å². The molecule has 10 fully saturated rings. The van der Waals surface area contributed by atoms with Crippen LogP contribution < -0.4 is 0 Å². The Morgan fingerprint density at radius 1 is 0.336 bits per heavy atom. The predicted molar refractivity (Wildman–Crippen MR) is 447 cm³/mol. The second kappa shape index (κ2) is 44.4. The number of ketones is 10. The van der Waals surface area contributed by atoms with Crippen LogP contribution in [-0.4, -0.2) is 273 Å². The summed E-state index contributed by atoms with van der Waals surface area (Å²) >= 11 is 0. The molecule has 0 aromatic rings. The van der Waals surface area contributed by atoms with Gasteiger partial charge in [0.25, 0.3) is 52.7 Å². The van der Waals surface area contributed by atoms with Gasteiger partial charge in [0.05, 0.1) is 66.8 Å². The fourth-order valence-electron chi connectivity index (χ4n) is 19.0. The van der Waals surface area contributed by atoms with Gasteiger partial charge in [-0.25, -0.2) is 0 Å². The maximum atomic E-state index is 13.0. The molecule has 0 spiro atoms. The summed E-state index contributed by atoms with van der Waals surface area (Å²) in [5, 5.41) is 54.6. The molecule has 5 N–H and O–H groups in total. The molecule has 0 aliphatic carbocycles. The lowest BCUT2D eigenvalue weighted by Gasteiger charge is -2.46. The Labute approximate surface area is 721 Å². The smallest absolute Gasteiger partial charge is 0.309 e. The number of amides is 5. The van der Waals surface area contributed by atoms with Crippen LogP contribution in [0.4, 0.5) is 0 Å². The molecule has 31 nitrogen and oxygen atoms in total. The molecular formula is C91H147N5O26. The highest BCUT2D eigenvalue weighted by molar-refractivity contribution is 6.41. The van der Waals surface area contributed by atoms with Gasteiger partial charge in [0.1, 0.15) is 0 Å². The van der Waals surface area contributed by atoms with E-state index in [1.165, 1.54) is 59.1 Å². The van der Waals surface area contributed by atoms with Crippen molar-refractivity contribution in [3.63, 3.8) is 0 Å². The van der Waals surface area contributed by atoms with E-state index in [-0.39, 0.29) is 94.9 Å². The summed E-state index contributed by atoms with van der Waals surface area (Å²) in [6, 6.07) is -2.89. The maximum absolute atomic E-state index is 13.0. The largest absolute Gasteiger partial charge is 0.379 e. The van der Waals surface area contributed by atoms with E-state index in [1.54, 1.807) is 41.7 Å². The lowest BCUT2D eigenvalue weighted by molar-refractivity contribution is -0.293. The first-order valence-electron chi connectivity index (χ1n) is 45.1. The average molecular weight is 1730 g/mol. The molecule has 0 aromatic heterocycles. The van der Waals surface area contributed by atoms with E-state index in [0.717, 1.165) is 64.2 Å². The topological polar surface area (TPSA) is 429 Å². The van der Waals surface area contributed by atoms with Crippen LogP contribution in [0.5, 0.6) is 0 Å². The molecule has 10 heterocycles. The van der Waals surface area contributed by atoms with Gasteiger partial charge in [0.2, 0.25) is 28.9 Å². The van der Waals surface area contributed by atoms with Crippen molar-refractivity contribution < 1.29 is 126 Å². The maximum Gasteiger partial charge on any atom is 0.309 e. The molecule has 31 heteroatoms. The highest BCUT2D eigenvalue weighted by Crippen LogP contribution is 2.44. The first kappa shape index (κ1) is 104. The van der Waals surface area contributed by atoms with Crippen molar-refractivity contribution in [1.82, 2.24) is 24.5 Å². The number of carbonyl (C=O) groups excluding carboxylic acids is 15. The van der Waals surface area contributed by atoms with Crippen LogP contribution >= 0.6 is 0 Å². The SMILES string of the molecule is CC(=O)[C@@H]1CCCCN1C(=O)C(=O)[C@]1(O)OC(C(C)C)C(C)C[C@H]1C.CC(=O)[C@@H]1CCCCN1C(=O)C(=O)[C@]1(O)OC(C(C)C)CC[C@H]1C.CC(=O)[C@@H]1CCCCN1C(=O)C1(O)OC(C(C)C)CC[C@@H](C)C1=O.CC(=O)[C@@H]1CCCN1C(=O)C(=O)[C@]1(O)OC(C(C)C)CC[C@H]1C.CO[C@H]1C[C@@H](C)[C@](O)(C(=O)C(=O)N2CCCC[C@H]2C(C)=O)OC1C(C)C. The quantitative estimate of drug-likeness (QED) is 0.0570. The van der Waals surface area contributed by atoms with Crippen LogP contribution in [0.1, 0.15) is 287 Å². The van der Waals surface area contributed by atoms with Gasteiger partial charge in [0.15, 0.2) is 28.9 Å². The number of ether oxygens (including phenoxy) is 6. The minimum atomic E-state index is -2.48. The Bertz CT molecular complexity index is 3730. The molecule has 7 unspecified atom stereocenters. The first-order valence-corrected chi connectivity index (χ1v) is 45.1. The summed E-state index contributed by atoms with van der Waals surface area (Å²) in [6.45, 7) is 39.0. The molecule has 0 radical (unpaired) electrons. The van der Waals surface area contributed by atoms with Crippen LogP contribution in [0.15, 0.2) is 0 Å². The van der Waals surface area contributed by atoms with Gasteiger partial charge in [0, 0.05) is 69.4 Å². The summed E-state index contributed by atoms with van der Waals surface area (Å²) in [4.78, 5) is 194. The van der Waals surface area contributed by atoms with Gasteiger partial charge in [-0.2, -0.15) is 0 Å². The number of Topliss-reactive ketones (excluding diaryl/α,β-unsaturated/α-hetero) is 10. The highest BCUT2D eigenvalue weighted by atomic mass is 16.7. The summed E-state index contributed by atoms with van der Waals surface area (Å²) in [5.74, 6) is -21.8. The molecule has 10 saturated heterocycles. The Kier molecular flexibility index (Phi) is 38.0. The zero-order valence-electron chi connectivity index (χ0n) is 76.8. The van der Waals surface area contributed by atoms with E-state index in [9.17, 15) is 97.5 Å². The lowest BCUT2D eigenvalue weighted by Crippen LogP contribution is -2.63. The van der Waals surface area contributed by atoms with Crippen molar-refractivity contribution in [3.8, 4) is 0 Å². The van der Waals surface area contributed by atoms with E-state index < -0.39 is 153 Å². The Morgan fingerprint density at radius 2 is 0.615 bits per heavy atom. The molecule has 0 bridgehead atoms. The van der Waals surface area contributed by atoms with E-state index in [0.29, 0.717) is 110 Å². The minimum Gasteiger partial charge on any atom is -0.379 e. The molecular weight excluding hydrogens is 1580 g/mol. The molecule has 10 aliphatic rings. The normalized spacial score (nSPS) is 35.2. The number of nitrogens with zero attached hydrogens (tertiary/aromatic N) is 5. The fourth-order valence-corrected chi connectivity index (χ4v) is 19.0. The summed E-state index contributed by atoms with van der Waals surface area (Å²) < 4.78 is 34.1. The van der Waals surface area contributed by atoms with Crippen LogP contribution in [0.25, 0.3) is 0 Å². The monoisotopic (exact) mass is 1730 g/mol. The third-order valence-electron chi connectivity index (χ3n) is 27.1. The highest BCUT2D eigenvalue weighted by Gasteiger charge is 2.60. The van der Waals surface area contributed by atoms with Crippen LogP contribution in [0, 0.1) is 65.1 Å². The Hall–Kier alpha value is -6.39. The number of rotatable bonds is 20. The summed E-state index contributed by atoms with van der Waals surface area (Å²) in [7, 11) is 1.57. The first-order chi connectivity index (χ1) is 56.8. The number of aliphatic hydroxyl groups is 5. The van der Waals surface area contributed by atoms with Crippen molar-refractivity contribution in [2.24, 2.45) is 65.1 Å². The van der Waals surface area contributed by atoms with E-state index in [1.807, 2.05) is 76.2 Å². The molecule has 122 heavy (non-hydrogen) atoms. The fraction of sp³-hybridized carbons (Fsp3) is 0.835. The third-order valence-corrected chi connectivity index (χ3v) is 27.1. The van der Waals surface area contributed by atoms with Gasteiger partial charge >= 0.3 is 5.79 Å². The summed E-state index contributed by atoms with van der Waals surface area (Å²) in [5.41, 5.74) is 0. The van der Waals surface area contributed by atoms with E-state index in [4.69, 9.17) is 28.4 Å². The standard InChI is InChI=1S/C19H31NO6.C19H31NO5.2C18H29NO5.C17H27NO5/c1-11(2)16-15(25-5)10-12(3)19(24,26-16)17(22)18(23)20-9-7-6-8-14(20)13(4)21;1-11(2)16-12(3)10-13(4)19(24,25-16)17(22)18(23)20-9-7-6-8-15(20)14(5)21;1-11(2)15-9-8-12(3)18(23,24-15)16(21)17(22)19-10-6-5-7-14(19)13(4)20;1-11(2)15-9-8-12(3)16(21)18(23,24-15)17(22)19-10-6-5-7-14(19)13(4)20;1-10(2)14-8-7-11(3)17(22,23-14)15(20)16(21)18-9-5-6-13(18)12(4)19/h11-12,14-16,24H,6-10H2,1-5H3;11-13,15-16,24H,6-10H2,1-5H3;2*11-12,14-15,23H,5-10H2,1-4H3;10-11,13-14,22H,5-9H2,1-4H3/t12-,14+,15+,16?,19-;12?,13-,15+,16?,19-;12-,14+,15?,18-;12-,14+,15?,18?;11-,13+,14?,17-/m11111/s1. The van der Waals surface area contributed by atoms with Gasteiger partial charge in [-0.3, -0.25) is 71.9 Å². The number of hydrogen-bond donors (Lipinski definition) is 5. The predicted octanol–water partition coefficient (Wildman–Crippen LogP) is 7.91. The van der Waals surface area contributed by atoms with Crippen LogP contribution in [-0.2, 0) is 100 Å². The van der Waals surface area contributed by atoms with Gasteiger partial charge in [-0.05, 0) is 211 Å². The van der Waals surface area contributed by atoms with E-state index in [2.05, 4.69) is 0 Å². The molecule has 10 aliphatic heterocycles. The van der Waals surface area contributed by atoms with Crippen LogP contribution in [0.3, 0.4) is 0 Å². The number of hydrogen-bond acceptors (Lipinski definition) is 26.